The summed E-state index contributed by atoms with van der Waals surface area (Å²) in [5, 5.41) is 13.7. The number of aromatic hydroxyl groups is 1. The van der Waals surface area contributed by atoms with Crippen LogP contribution in [0.5, 0.6) is 5.75 Å². The SMILES string of the molecule is CC1CCc2c(nc(-c3ccccc3O)nc2NCCc2cnc[nH]2)C1. The van der Waals surface area contributed by atoms with Crippen LogP contribution >= 0.6 is 0 Å². The first-order chi connectivity index (χ1) is 12.7. The number of imidazole rings is 1. The molecule has 1 aromatic carbocycles. The number of rotatable bonds is 5. The predicted molar refractivity (Wildman–Crippen MR) is 101 cm³/mol. The van der Waals surface area contributed by atoms with E-state index in [4.69, 9.17) is 9.97 Å². The normalized spacial score (nSPS) is 16.3. The Labute approximate surface area is 152 Å². The zero-order chi connectivity index (χ0) is 17.9. The zero-order valence-electron chi connectivity index (χ0n) is 14.9. The molecule has 4 rings (SSSR count). The van der Waals surface area contributed by atoms with Crippen LogP contribution in [-0.2, 0) is 19.3 Å². The number of hydrogen-bond acceptors (Lipinski definition) is 5. The van der Waals surface area contributed by atoms with Crippen LogP contribution in [0.15, 0.2) is 36.8 Å². The molecule has 26 heavy (non-hydrogen) atoms. The Morgan fingerprint density at radius 1 is 1.27 bits per heavy atom. The van der Waals surface area contributed by atoms with Crippen molar-refractivity contribution >= 4 is 5.82 Å². The van der Waals surface area contributed by atoms with E-state index in [-0.39, 0.29) is 5.75 Å². The molecule has 3 N–H and O–H groups in total. The number of phenols is 1. The summed E-state index contributed by atoms with van der Waals surface area (Å²) in [5.41, 5.74) is 4.08. The molecular formula is C20H23N5O. The van der Waals surface area contributed by atoms with Gasteiger partial charge in [-0.25, -0.2) is 15.0 Å². The minimum absolute atomic E-state index is 0.208. The van der Waals surface area contributed by atoms with Crippen molar-refractivity contribution < 1.29 is 5.11 Å². The third-order valence-electron chi connectivity index (χ3n) is 4.91. The maximum Gasteiger partial charge on any atom is 0.165 e. The average Bonchev–Trinajstić information content (AvgIpc) is 3.15. The molecule has 1 unspecified atom stereocenters. The van der Waals surface area contributed by atoms with Gasteiger partial charge in [-0.3, -0.25) is 0 Å². The van der Waals surface area contributed by atoms with Crippen LogP contribution in [0.2, 0.25) is 0 Å². The van der Waals surface area contributed by atoms with E-state index in [0.717, 1.165) is 49.4 Å². The molecule has 0 spiro atoms. The van der Waals surface area contributed by atoms with Crippen LogP contribution in [0.4, 0.5) is 5.82 Å². The molecule has 6 nitrogen and oxygen atoms in total. The summed E-state index contributed by atoms with van der Waals surface area (Å²) in [6, 6.07) is 7.23. The van der Waals surface area contributed by atoms with Crippen LogP contribution in [0.1, 0.15) is 30.3 Å². The molecule has 134 valence electrons. The molecule has 0 bridgehead atoms. The number of para-hydroxylation sites is 1. The Kier molecular flexibility index (Phi) is 4.56. The molecule has 1 atom stereocenters. The molecule has 0 saturated carbocycles. The fourth-order valence-electron chi connectivity index (χ4n) is 3.45. The molecule has 6 heteroatoms. The Morgan fingerprint density at radius 2 is 2.15 bits per heavy atom. The highest BCUT2D eigenvalue weighted by atomic mass is 16.3. The van der Waals surface area contributed by atoms with Gasteiger partial charge in [-0.1, -0.05) is 19.1 Å². The molecule has 0 saturated heterocycles. The average molecular weight is 349 g/mol. The maximum atomic E-state index is 10.2. The predicted octanol–water partition coefficient (Wildman–Crippen LogP) is 3.35. The molecule has 0 radical (unpaired) electrons. The Hall–Kier alpha value is -2.89. The Morgan fingerprint density at radius 3 is 2.96 bits per heavy atom. The van der Waals surface area contributed by atoms with Crippen molar-refractivity contribution in [2.75, 3.05) is 11.9 Å². The lowest BCUT2D eigenvalue weighted by molar-refractivity contribution is 0.476. The number of H-pyrrole nitrogens is 1. The lowest BCUT2D eigenvalue weighted by atomic mass is 9.88. The monoisotopic (exact) mass is 349 g/mol. The van der Waals surface area contributed by atoms with Gasteiger partial charge in [-0.2, -0.15) is 0 Å². The number of benzene rings is 1. The molecule has 3 aromatic rings. The van der Waals surface area contributed by atoms with Crippen LogP contribution < -0.4 is 5.32 Å². The van der Waals surface area contributed by atoms with E-state index in [1.165, 1.54) is 5.56 Å². The van der Waals surface area contributed by atoms with E-state index in [9.17, 15) is 5.11 Å². The molecule has 2 heterocycles. The number of nitrogens with zero attached hydrogens (tertiary/aromatic N) is 3. The van der Waals surface area contributed by atoms with Crippen molar-refractivity contribution in [1.82, 2.24) is 19.9 Å². The largest absolute Gasteiger partial charge is 0.507 e. The van der Waals surface area contributed by atoms with Gasteiger partial charge in [0.2, 0.25) is 0 Å². The van der Waals surface area contributed by atoms with Gasteiger partial charge in [0.05, 0.1) is 17.6 Å². The van der Waals surface area contributed by atoms with Crippen LogP contribution in [-0.4, -0.2) is 31.6 Å². The number of aromatic amines is 1. The molecule has 0 fully saturated rings. The second-order valence-electron chi connectivity index (χ2n) is 6.94. The Balaban J connectivity index is 1.66. The third kappa shape index (κ3) is 3.40. The van der Waals surface area contributed by atoms with Crippen molar-refractivity contribution in [3.8, 4) is 17.1 Å². The third-order valence-corrected chi connectivity index (χ3v) is 4.91. The fraction of sp³-hybridized carbons (Fsp3) is 0.350. The minimum atomic E-state index is 0.208. The second-order valence-corrected chi connectivity index (χ2v) is 6.94. The fourth-order valence-corrected chi connectivity index (χ4v) is 3.45. The van der Waals surface area contributed by atoms with Gasteiger partial charge < -0.3 is 15.4 Å². The van der Waals surface area contributed by atoms with Crippen molar-refractivity contribution in [3.05, 3.63) is 53.7 Å². The van der Waals surface area contributed by atoms with Crippen molar-refractivity contribution in [2.45, 2.75) is 32.6 Å². The first kappa shape index (κ1) is 16.6. The lowest BCUT2D eigenvalue weighted by Crippen LogP contribution is -2.18. The summed E-state index contributed by atoms with van der Waals surface area (Å²) in [4.78, 5) is 16.7. The highest BCUT2D eigenvalue weighted by molar-refractivity contribution is 5.66. The number of anilines is 1. The van der Waals surface area contributed by atoms with E-state index in [0.29, 0.717) is 17.3 Å². The van der Waals surface area contributed by atoms with Gasteiger partial charge in [0.15, 0.2) is 5.82 Å². The van der Waals surface area contributed by atoms with Crippen molar-refractivity contribution in [2.24, 2.45) is 5.92 Å². The molecule has 1 aliphatic carbocycles. The van der Waals surface area contributed by atoms with Crippen molar-refractivity contribution in [3.63, 3.8) is 0 Å². The van der Waals surface area contributed by atoms with Gasteiger partial charge >= 0.3 is 0 Å². The second kappa shape index (κ2) is 7.15. The number of aromatic nitrogens is 4. The maximum absolute atomic E-state index is 10.2. The van der Waals surface area contributed by atoms with E-state index in [2.05, 4.69) is 22.2 Å². The molecule has 0 aliphatic heterocycles. The smallest absolute Gasteiger partial charge is 0.165 e. The topological polar surface area (TPSA) is 86.7 Å². The number of fused-ring (bicyclic) bond motifs is 1. The standard InChI is InChI=1S/C20H23N5O/c1-13-6-7-15-17(10-13)24-20(16-4-2-3-5-18(16)26)25-19(15)22-9-8-14-11-21-12-23-14/h2-5,11-13,26H,6-10H2,1H3,(H,21,23)(H,22,24,25). The van der Waals surface area contributed by atoms with Crippen molar-refractivity contribution in [1.29, 1.82) is 0 Å². The minimum Gasteiger partial charge on any atom is -0.507 e. The summed E-state index contributed by atoms with van der Waals surface area (Å²) in [6.07, 6.45) is 7.48. The summed E-state index contributed by atoms with van der Waals surface area (Å²) in [5.74, 6) is 2.30. The van der Waals surface area contributed by atoms with Gasteiger partial charge in [-0.05, 0) is 37.3 Å². The van der Waals surface area contributed by atoms with Gasteiger partial charge in [0, 0.05) is 30.4 Å². The number of nitrogens with one attached hydrogen (secondary N) is 2. The van der Waals surface area contributed by atoms with E-state index >= 15 is 0 Å². The van der Waals surface area contributed by atoms with Gasteiger partial charge in [0.25, 0.3) is 0 Å². The summed E-state index contributed by atoms with van der Waals surface area (Å²) >= 11 is 0. The van der Waals surface area contributed by atoms with E-state index in [1.54, 1.807) is 12.4 Å². The lowest BCUT2D eigenvalue weighted by Gasteiger charge is -2.24. The Bertz CT molecular complexity index is 891. The van der Waals surface area contributed by atoms with Gasteiger partial charge in [0.1, 0.15) is 11.6 Å². The molecular weight excluding hydrogens is 326 g/mol. The first-order valence-corrected chi connectivity index (χ1v) is 9.10. The summed E-state index contributed by atoms with van der Waals surface area (Å²) in [7, 11) is 0. The highest BCUT2D eigenvalue weighted by Crippen LogP contribution is 2.33. The molecule has 0 amide bonds. The van der Waals surface area contributed by atoms with Crippen LogP contribution in [0.3, 0.4) is 0 Å². The number of hydrogen-bond donors (Lipinski definition) is 3. The summed E-state index contributed by atoms with van der Waals surface area (Å²) in [6.45, 7) is 3.03. The summed E-state index contributed by atoms with van der Waals surface area (Å²) < 4.78 is 0. The van der Waals surface area contributed by atoms with E-state index < -0.39 is 0 Å². The van der Waals surface area contributed by atoms with Gasteiger partial charge in [-0.15, -0.1) is 0 Å². The number of phenolic OH excluding ortho intramolecular Hbond substituents is 1. The van der Waals surface area contributed by atoms with E-state index in [1.807, 2.05) is 24.4 Å². The van der Waals surface area contributed by atoms with Crippen LogP contribution in [0.25, 0.3) is 11.4 Å². The first-order valence-electron chi connectivity index (χ1n) is 9.10. The molecule has 2 aromatic heterocycles. The molecule has 1 aliphatic rings. The van der Waals surface area contributed by atoms with Crippen LogP contribution in [0, 0.1) is 5.92 Å². The quantitative estimate of drug-likeness (QED) is 0.657. The zero-order valence-corrected chi connectivity index (χ0v) is 14.9. The highest BCUT2D eigenvalue weighted by Gasteiger charge is 2.22.